The normalized spacial score (nSPS) is 19.8. The van der Waals surface area contributed by atoms with E-state index < -0.39 is 0 Å². The summed E-state index contributed by atoms with van der Waals surface area (Å²) in [6.07, 6.45) is 4.24. The molecule has 2 fully saturated rings. The molecule has 7 heteroatoms. The first-order valence-corrected chi connectivity index (χ1v) is 14.9. The first kappa shape index (κ1) is 26.9. The molecule has 206 valence electrons. The number of aryl methyl sites for hydroxylation is 2. The summed E-state index contributed by atoms with van der Waals surface area (Å²) in [5.74, 6) is 0.769. The van der Waals surface area contributed by atoms with Gasteiger partial charge in [-0.05, 0) is 111 Å². The Bertz CT molecular complexity index is 1540. The lowest BCUT2D eigenvalue weighted by Crippen LogP contribution is -2.33. The van der Waals surface area contributed by atoms with E-state index in [-0.39, 0.29) is 12.1 Å². The second-order valence-corrected chi connectivity index (χ2v) is 12.1. The molecule has 0 unspecified atom stereocenters. The van der Waals surface area contributed by atoms with Gasteiger partial charge in [-0.3, -0.25) is 4.98 Å². The fraction of sp³-hybridized carbons (Fsp3) is 0.333. The van der Waals surface area contributed by atoms with Crippen molar-refractivity contribution < 1.29 is 0 Å². The monoisotopic (exact) mass is 569 g/mol. The molecule has 1 N–H and O–H groups in total. The maximum absolute atomic E-state index is 6.98. The molecular weight excluding hydrogens is 534 g/mol. The van der Waals surface area contributed by atoms with Gasteiger partial charge in [0.2, 0.25) is 0 Å². The number of aromatic nitrogens is 2. The number of piperidine rings is 1. The summed E-state index contributed by atoms with van der Waals surface area (Å²) in [5, 5.41) is 5.05. The van der Waals surface area contributed by atoms with Crippen LogP contribution in [0.2, 0.25) is 5.02 Å². The summed E-state index contributed by atoms with van der Waals surface area (Å²) in [6.45, 7) is 10.9. The third kappa shape index (κ3) is 4.88. The maximum atomic E-state index is 6.98. The highest BCUT2D eigenvalue weighted by Crippen LogP contribution is 2.45. The predicted molar refractivity (Wildman–Crippen MR) is 170 cm³/mol. The Kier molecular flexibility index (Phi) is 7.32. The highest BCUT2D eigenvalue weighted by atomic mass is 35.5. The first-order chi connectivity index (χ1) is 19.3. The molecule has 0 aliphatic carbocycles. The lowest BCUT2D eigenvalue weighted by atomic mass is 9.96. The molecule has 0 spiro atoms. The van der Waals surface area contributed by atoms with Crippen molar-refractivity contribution in [2.45, 2.75) is 52.6 Å². The van der Waals surface area contributed by atoms with E-state index in [2.05, 4.69) is 102 Å². The van der Waals surface area contributed by atoms with Gasteiger partial charge in [-0.2, -0.15) is 0 Å². The summed E-state index contributed by atoms with van der Waals surface area (Å²) >= 11 is 13.0. The maximum Gasteiger partial charge on any atom is 0.174 e. The molecule has 4 heterocycles. The Hall–Kier alpha value is -3.35. The first-order valence-electron chi connectivity index (χ1n) is 14.1. The van der Waals surface area contributed by atoms with Crippen molar-refractivity contribution in [3.8, 4) is 5.69 Å². The van der Waals surface area contributed by atoms with Crippen molar-refractivity contribution in [1.29, 1.82) is 0 Å². The Morgan fingerprint density at radius 1 is 0.925 bits per heavy atom. The fourth-order valence-electron chi connectivity index (χ4n) is 6.35. The Labute approximate surface area is 247 Å². The third-order valence-corrected chi connectivity index (χ3v) is 9.10. The predicted octanol–water partition coefficient (Wildman–Crippen LogP) is 7.86. The number of benzene rings is 2. The summed E-state index contributed by atoms with van der Waals surface area (Å²) in [6, 6.07) is 23.2. The van der Waals surface area contributed by atoms with E-state index in [0.717, 1.165) is 41.1 Å². The summed E-state index contributed by atoms with van der Waals surface area (Å²) < 4.78 is 2.34. The van der Waals surface area contributed by atoms with Crippen LogP contribution in [0, 0.1) is 26.7 Å². The number of rotatable bonds is 5. The number of anilines is 2. The van der Waals surface area contributed by atoms with E-state index >= 15 is 0 Å². The van der Waals surface area contributed by atoms with Crippen LogP contribution in [0.25, 0.3) is 5.69 Å². The van der Waals surface area contributed by atoms with Crippen LogP contribution < -0.4 is 15.1 Å². The van der Waals surface area contributed by atoms with E-state index in [9.17, 15) is 0 Å². The van der Waals surface area contributed by atoms with Crippen LogP contribution in [-0.2, 0) is 0 Å². The van der Waals surface area contributed by atoms with Gasteiger partial charge in [0.25, 0.3) is 0 Å². The van der Waals surface area contributed by atoms with Crippen molar-refractivity contribution in [3.05, 3.63) is 106 Å². The standard InChI is InChI=1S/C33H36ClN5S/c1-21-13-16-37(17-14-21)30-12-11-26(20-28(30)34)39-32(31(36-33(39)40)29-10-5-6-15-35-29)27-19-23(3)38(24(27)4)25-9-7-8-22(2)18-25/h5-12,15,18-21,31-32H,13-14,16-17H2,1-4H3,(H,36,40)/t31-,32-/m0/s1. The lowest BCUT2D eigenvalue weighted by Gasteiger charge is -2.33. The molecule has 2 saturated heterocycles. The number of nitrogens with zero attached hydrogens (tertiary/aromatic N) is 4. The van der Waals surface area contributed by atoms with Crippen LogP contribution in [0.1, 0.15) is 60.1 Å². The zero-order valence-electron chi connectivity index (χ0n) is 23.6. The SMILES string of the molecule is Cc1cccc(-n2c(C)cc([C@H]3[C@H](c4ccccn4)NC(=S)N3c3ccc(N4CCC(C)CC4)c(Cl)c3)c2C)c1. The summed E-state index contributed by atoms with van der Waals surface area (Å²) in [7, 11) is 0. The average Bonchev–Trinajstić information content (AvgIpc) is 3.44. The minimum Gasteiger partial charge on any atom is -0.370 e. The van der Waals surface area contributed by atoms with Gasteiger partial charge in [-0.15, -0.1) is 0 Å². The number of halogens is 1. The zero-order valence-corrected chi connectivity index (χ0v) is 25.1. The molecule has 2 atom stereocenters. The van der Waals surface area contributed by atoms with Gasteiger partial charge in [0.1, 0.15) is 0 Å². The Morgan fingerprint density at radius 2 is 1.73 bits per heavy atom. The number of nitrogens with one attached hydrogen (secondary N) is 1. The molecule has 0 saturated carbocycles. The van der Waals surface area contributed by atoms with Crippen LogP contribution in [0.4, 0.5) is 11.4 Å². The Morgan fingerprint density at radius 3 is 2.42 bits per heavy atom. The van der Waals surface area contributed by atoms with Crippen LogP contribution in [-0.4, -0.2) is 27.8 Å². The van der Waals surface area contributed by atoms with Crippen molar-refractivity contribution in [2.24, 2.45) is 5.92 Å². The third-order valence-electron chi connectivity index (χ3n) is 8.48. The van der Waals surface area contributed by atoms with Gasteiger partial charge in [-0.1, -0.05) is 36.7 Å². The fourth-order valence-corrected chi connectivity index (χ4v) is 6.99. The molecule has 40 heavy (non-hydrogen) atoms. The molecule has 5 nitrogen and oxygen atoms in total. The van der Waals surface area contributed by atoms with Gasteiger partial charge in [0.05, 0.1) is 28.5 Å². The van der Waals surface area contributed by atoms with E-state index in [0.29, 0.717) is 5.11 Å². The minimum absolute atomic E-state index is 0.0927. The molecule has 0 radical (unpaired) electrons. The van der Waals surface area contributed by atoms with E-state index in [1.165, 1.54) is 41.0 Å². The van der Waals surface area contributed by atoms with Crippen molar-refractivity contribution in [3.63, 3.8) is 0 Å². The largest absolute Gasteiger partial charge is 0.370 e. The molecule has 2 aliphatic heterocycles. The van der Waals surface area contributed by atoms with Crippen molar-refractivity contribution in [2.75, 3.05) is 22.9 Å². The number of hydrogen-bond acceptors (Lipinski definition) is 3. The molecule has 0 bridgehead atoms. The number of thiocarbonyl (C=S) groups is 1. The minimum atomic E-state index is -0.109. The second kappa shape index (κ2) is 10.9. The number of hydrogen-bond donors (Lipinski definition) is 1. The number of pyridine rings is 1. The van der Waals surface area contributed by atoms with E-state index in [1.54, 1.807) is 0 Å². The van der Waals surface area contributed by atoms with Crippen molar-refractivity contribution >= 4 is 40.3 Å². The topological polar surface area (TPSA) is 36.3 Å². The molecule has 0 amide bonds. The average molecular weight is 570 g/mol. The van der Waals surface area contributed by atoms with Gasteiger partial charge in [0, 0.05) is 42.0 Å². The van der Waals surface area contributed by atoms with Gasteiger partial charge < -0.3 is 19.7 Å². The zero-order chi connectivity index (χ0) is 28.0. The molecular formula is C33H36ClN5S. The quantitative estimate of drug-likeness (QED) is 0.247. The van der Waals surface area contributed by atoms with Crippen molar-refractivity contribution in [1.82, 2.24) is 14.9 Å². The highest BCUT2D eigenvalue weighted by Gasteiger charge is 2.42. The van der Waals surface area contributed by atoms with E-state index in [4.69, 9.17) is 28.8 Å². The highest BCUT2D eigenvalue weighted by molar-refractivity contribution is 7.80. The van der Waals surface area contributed by atoms with Crippen LogP contribution >= 0.6 is 23.8 Å². The van der Waals surface area contributed by atoms with E-state index in [1.807, 2.05) is 18.3 Å². The smallest absolute Gasteiger partial charge is 0.174 e. The molecule has 2 aliphatic rings. The Balaban J connectivity index is 1.44. The van der Waals surface area contributed by atoms with Crippen LogP contribution in [0.3, 0.4) is 0 Å². The molecule has 4 aromatic rings. The summed E-state index contributed by atoms with van der Waals surface area (Å²) in [5.41, 5.74) is 9.04. The summed E-state index contributed by atoms with van der Waals surface area (Å²) in [4.78, 5) is 9.38. The molecule has 2 aromatic carbocycles. The van der Waals surface area contributed by atoms with Crippen LogP contribution in [0.5, 0.6) is 0 Å². The molecule has 2 aromatic heterocycles. The second-order valence-electron chi connectivity index (χ2n) is 11.3. The van der Waals surface area contributed by atoms with Gasteiger partial charge in [0.15, 0.2) is 5.11 Å². The van der Waals surface area contributed by atoms with Crippen LogP contribution in [0.15, 0.2) is 72.9 Å². The van der Waals surface area contributed by atoms with Gasteiger partial charge >= 0.3 is 0 Å². The van der Waals surface area contributed by atoms with Gasteiger partial charge in [-0.25, -0.2) is 0 Å². The lowest BCUT2D eigenvalue weighted by molar-refractivity contribution is 0.438. The molecule has 6 rings (SSSR count).